The maximum atomic E-state index is 12.5. The van der Waals surface area contributed by atoms with E-state index in [2.05, 4.69) is 10.3 Å². The largest absolute Gasteiger partial charge is 0.493 e. The van der Waals surface area contributed by atoms with Crippen LogP contribution in [0.25, 0.3) is 22.4 Å². The summed E-state index contributed by atoms with van der Waals surface area (Å²) in [5.41, 5.74) is 2.13. The SMILES string of the molecule is COc1ccc(C=Cc2cc(OC)c(OC)c(OC)c2)cc1OCC(=O)Nc1nc2ccc([N+](=O)[O-])cc2s1. The summed E-state index contributed by atoms with van der Waals surface area (Å²) in [6, 6.07) is 13.3. The summed E-state index contributed by atoms with van der Waals surface area (Å²) >= 11 is 1.14. The van der Waals surface area contributed by atoms with E-state index in [-0.39, 0.29) is 12.3 Å². The monoisotopic (exact) mass is 551 g/mol. The van der Waals surface area contributed by atoms with Gasteiger partial charge in [0, 0.05) is 12.1 Å². The third-order valence-electron chi connectivity index (χ3n) is 5.53. The molecule has 3 aromatic carbocycles. The molecule has 0 unspecified atom stereocenters. The second-order valence-electron chi connectivity index (χ2n) is 7.97. The molecule has 4 aromatic rings. The molecule has 0 fully saturated rings. The molecule has 11 nitrogen and oxygen atoms in total. The smallest absolute Gasteiger partial charge is 0.270 e. The number of nitro benzene ring substituents is 1. The van der Waals surface area contributed by atoms with Crippen molar-refractivity contribution in [2.45, 2.75) is 0 Å². The number of amides is 1. The van der Waals surface area contributed by atoms with Crippen LogP contribution in [0.15, 0.2) is 48.5 Å². The molecule has 0 saturated heterocycles. The maximum Gasteiger partial charge on any atom is 0.270 e. The van der Waals surface area contributed by atoms with Crippen LogP contribution in [-0.2, 0) is 4.79 Å². The van der Waals surface area contributed by atoms with Crippen molar-refractivity contribution >= 4 is 50.4 Å². The zero-order chi connectivity index (χ0) is 27.9. The van der Waals surface area contributed by atoms with E-state index in [0.717, 1.165) is 22.5 Å². The van der Waals surface area contributed by atoms with Gasteiger partial charge in [-0.1, -0.05) is 29.6 Å². The van der Waals surface area contributed by atoms with E-state index in [4.69, 9.17) is 23.7 Å². The highest BCUT2D eigenvalue weighted by molar-refractivity contribution is 7.22. The number of hydrogen-bond donors (Lipinski definition) is 1. The zero-order valence-corrected chi connectivity index (χ0v) is 22.4. The molecule has 1 amide bonds. The van der Waals surface area contributed by atoms with Gasteiger partial charge in [0.1, 0.15) is 0 Å². The highest BCUT2D eigenvalue weighted by Gasteiger charge is 2.14. The highest BCUT2D eigenvalue weighted by Crippen LogP contribution is 2.39. The Hall–Kier alpha value is -4.84. The van der Waals surface area contributed by atoms with Crippen LogP contribution in [0, 0.1) is 10.1 Å². The van der Waals surface area contributed by atoms with E-state index in [0.29, 0.717) is 44.1 Å². The summed E-state index contributed by atoms with van der Waals surface area (Å²) in [6.45, 7) is -0.299. The predicted molar refractivity (Wildman–Crippen MR) is 148 cm³/mol. The number of carbonyl (C=O) groups excluding carboxylic acids is 1. The molecule has 4 rings (SSSR count). The Morgan fingerprint density at radius 1 is 0.897 bits per heavy atom. The fraction of sp³-hybridized carbons (Fsp3) is 0.185. The number of nitrogens with zero attached hydrogens (tertiary/aromatic N) is 2. The van der Waals surface area contributed by atoms with Crippen LogP contribution in [0.5, 0.6) is 28.7 Å². The van der Waals surface area contributed by atoms with E-state index in [1.807, 2.05) is 30.4 Å². The first-order valence-electron chi connectivity index (χ1n) is 11.5. The number of nitrogens with one attached hydrogen (secondary N) is 1. The molecule has 0 aliphatic carbocycles. The number of nitro groups is 1. The molecule has 0 aliphatic rings. The fourth-order valence-electron chi connectivity index (χ4n) is 3.68. The lowest BCUT2D eigenvalue weighted by molar-refractivity contribution is -0.384. The van der Waals surface area contributed by atoms with Gasteiger partial charge >= 0.3 is 0 Å². The molecule has 0 bridgehead atoms. The van der Waals surface area contributed by atoms with E-state index in [1.165, 1.54) is 25.3 Å². The van der Waals surface area contributed by atoms with Crippen molar-refractivity contribution in [3.63, 3.8) is 0 Å². The molecule has 12 heteroatoms. The third-order valence-corrected chi connectivity index (χ3v) is 6.46. The van der Waals surface area contributed by atoms with Crippen LogP contribution in [-0.4, -0.2) is 50.9 Å². The number of hydrogen-bond acceptors (Lipinski definition) is 10. The van der Waals surface area contributed by atoms with Gasteiger partial charge in [-0.3, -0.25) is 20.2 Å². The number of fused-ring (bicyclic) bond motifs is 1. The Morgan fingerprint density at radius 3 is 2.21 bits per heavy atom. The second kappa shape index (κ2) is 12.1. The van der Waals surface area contributed by atoms with E-state index in [9.17, 15) is 14.9 Å². The first-order chi connectivity index (χ1) is 18.8. The van der Waals surface area contributed by atoms with Gasteiger partial charge in [-0.25, -0.2) is 4.98 Å². The van der Waals surface area contributed by atoms with Crippen LogP contribution in [0.1, 0.15) is 11.1 Å². The minimum atomic E-state index is -0.480. The maximum absolute atomic E-state index is 12.5. The van der Waals surface area contributed by atoms with Crippen molar-refractivity contribution in [2.75, 3.05) is 40.4 Å². The normalized spacial score (nSPS) is 10.9. The Kier molecular flexibility index (Phi) is 8.46. The summed E-state index contributed by atoms with van der Waals surface area (Å²) < 4.78 is 27.9. The lowest BCUT2D eigenvalue weighted by Gasteiger charge is -2.13. The van der Waals surface area contributed by atoms with Gasteiger partial charge < -0.3 is 23.7 Å². The van der Waals surface area contributed by atoms with Gasteiger partial charge in [-0.15, -0.1) is 0 Å². The number of thiazole rings is 1. The van der Waals surface area contributed by atoms with Gasteiger partial charge in [-0.05, 0) is 41.5 Å². The van der Waals surface area contributed by atoms with Crippen molar-refractivity contribution in [2.24, 2.45) is 0 Å². The van der Waals surface area contributed by atoms with Crippen LogP contribution < -0.4 is 29.0 Å². The van der Waals surface area contributed by atoms with Gasteiger partial charge in [0.05, 0.1) is 43.6 Å². The number of carbonyl (C=O) groups is 1. The van der Waals surface area contributed by atoms with Gasteiger partial charge in [0.2, 0.25) is 5.75 Å². The number of benzene rings is 3. The molecular weight excluding hydrogens is 526 g/mol. The average Bonchev–Trinajstić information content (AvgIpc) is 3.35. The van der Waals surface area contributed by atoms with Gasteiger partial charge in [-0.2, -0.15) is 0 Å². The number of rotatable bonds is 11. The van der Waals surface area contributed by atoms with Crippen molar-refractivity contribution in [1.29, 1.82) is 0 Å². The number of anilines is 1. The molecule has 1 aromatic heterocycles. The summed E-state index contributed by atoms with van der Waals surface area (Å²) in [4.78, 5) is 27.3. The Morgan fingerprint density at radius 2 is 1.56 bits per heavy atom. The molecule has 39 heavy (non-hydrogen) atoms. The Balaban J connectivity index is 1.46. The lowest BCUT2D eigenvalue weighted by Crippen LogP contribution is -2.20. The van der Waals surface area contributed by atoms with E-state index >= 15 is 0 Å². The molecule has 0 atom stereocenters. The number of aromatic nitrogens is 1. The second-order valence-corrected chi connectivity index (χ2v) is 9.00. The zero-order valence-electron chi connectivity index (χ0n) is 21.5. The van der Waals surface area contributed by atoms with E-state index in [1.54, 1.807) is 33.5 Å². The highest BCUT2D eigenvalue weighted by atomic mass is 32.1. The minimum Gasteiger partial charge on any atom is -0.493 e. The van der Waals surface area contributed by atoms with Crippen molar-refractivity contribution in [1.82, 2.24) is 4.98 Å². The van der Waals surface area contributed by atoms with Crippen molar-refractivity contribution in [3.8, 4) is 28.7 Å². The minimum absolute atomic E-state index is 0.0429. The van der Waals surface area contributed by atoms with Crippen LogP contribution in [0.4, 0.5) is 10.8 Å². The number of non-ortho nitro benzene ring substituents is 1. The molecule has 0 saturated carbocycles. The van der Waals surface area contributed by atoms with Gasteiger partial charge in [0.15, 0.2) is 34.7 Å². The third kappa shape index (κ3) is 6.36. The molecule has 1 heterocycles. The summed E-state index contributed by atoms with van der Waals surface area (Å²) in [5, 5.41) is 14.0. The Labute approximate surface area is 227 Å². The molecular formula is C27H25N3O8S. The summed E-state index contributed by atoms with van der Waals surface area (Å²) in [6.07, 6.45) is 3.74. The standard InChI is InChI=1S/C27H25N3O8S/c1-34-20-10-7-16(5-6-17-12-22(35-2)26(37-4)23(13-17)36-3)11-21(20)38-15-25(31)29-27-28-19-9-8-18(30(32)33)14-24(19)39-27/h5-14H,15H2,1-4H3,(H,28,29,31). The van der Waals surface area contributed by atoms with Crippen molar-refractivity contribution < 1.29 is 33.4 Å². The van der Waals surface area contributed by atoms with Crippen LogP contribution in [0.3, 0.4) is 0 Å². The van der Waals surface area contributed by atoms with Crippen LogP contribution in [0.2, 0.25) is 0 Å². The average molecular weight is 552 g/mol. The summed E-state index contributed by atoms with van der Waals surface area (Å²) in [5.74, 6) is 1.96. The predicted octanol–water partition coefficient (Wildman–Crippen LogP) is 5.43. The number of ether oxygens (including phenoxy) is 5. The molecule has 0 spiro atoms. The lowest BCUT2D eigenvalue weighted by atomic mass is 10.1. The quantitative estimate of drug-likeness (QED) is 0.147. The number of methoxy groups -OCH3 is 4. The molecule has 0 radical (unpaired) electrons. The van der Waals surface area contributed by atoms with Gasteiger partial charge in [0.25, 0.3) is 11.6 Å². The first kappa shape index (κ1) is 27.2. The topological polar surface area (TPSA) is 131 Å². The van der Waals surface area contributed by atoms with E-state index < -0.39 is 10.8 Å². The fourth-order valence-corrected chi connectivity index (χ4v) is 4.59. The molecule has 1 N–H and O–H groups in total. The molecule has 202 valence electrons. The Bertz CT molecular complexity index is 1520. The summed E-state index contributed by atoms with van der Waals surface area (Å²) in [7, 11) is 6.16. The van der Waals surface area contributed by atoms with Crippen molar-refractivity contribution in [3.05, 3.63) is 69.8 Å². The molecule has 0 aliphatic heterocycles. The van der Waals surface area contributed by atoms with Crippen LogP contribution >= 0.6 is 11.3 Å². The first-order valence-corrected chi connectivity index (χ1v) is 12.3.